The van der Waals surface area contributed by atoms with E-state index in [2.05, 4.69) is 9.88 Å². The number of carboxylic acid groups (broad SMARTS) is 1. The maximum Gasteiger partial charge on any atom is 0.341 e. The first kappa shape index (κ1) is 18.3. The summed E-state index contributed by atoms with van der Waals surface area (Å²) >= 11 is 0. The van der Waals surface area contributed by atoms with Crippen molar-refractivity contribution in [1.29, 1.82) is 0 Å². The summed E-state index contributed by atoms with van der Waals surface area (Å²) in [5.41, 5.74) is -1.34. The highest BCUT2D eigenvalue weighted by Gasteiger charge is 2.25. The third kappa shape index (κ3) is 3.16. The fourth-order valence-corrected chi connectivity index (χ4v) is 3.12. The molecular weight excluding hydrogens is 339 g/mol. The van der Waals surface area contributed by atoms with Crippen molar-refractivity contribution in [2.24, 2.45) is 0 Å². The first-order valence-corrected chi connectivity index (χ1v) is 8.53. The summed E-state index contributed by atoms with van der Waals surface area (Å²) in [7, 11) is 2.01. The molecule has 0 atom stereocenters. The SMILES string of the molecule is CN1CCN(c2nc3c(cc2F)c(=O)c(C(=O)O)cn3C(C)(C)C)CC1. The van der Waals surface area contributed by atoms with Gasteiger partial charge in [-0.05, 0) is 33.9 Å². The van der Waals surface area contributed by atoms with Crippen molar-refractivity contribution in [3.05, 3.63) is 33.9 Å². The smallest absolute Gasteiger partial charge is 0.341 e. The third-order valence-corrected chi connectivity index (χ3v) is 4.67. The Labute approximate surface area is 150 Å². The lowest BCUT2D eigenvalue weighted by atomic mass is 10.1. The Kier molecular flexibility index (Phi) is 4.47. The molecule has 26 heavy (non-hydrogen) atoms. The summed E-state index contributed by atoms with van der Waals surface area (Å²) in [5, 5.41) is 9.31. The van der Waals surface area contributed by atoms with Crippen LogP contribution in [0.2, 0.25) is 0 Å². The highest BCUT2D eigenvalue weighted by molar-refractivity contribution is 5.92. The summed E-state index contributed by atoms with van der Waals surface area (Å²) in [6.07, 6.45) is 1.30. The summed E-state index contributed by atoms with van der Waals surface area (Å²) < 4.78 is 16.4. The van der Waals surface area contributed by atoms with Gasteiger partial charge < -0.3 is 19.5 Å². The highest BCUT2D eigenvalue weighted by Crippen LogP contribution is 2.26. The number of aromatic nitrogens is 2. The topological polar surface area (TPSA) is 78.7 Å². The van der Waals surface area contributed by atoms with Crippen LogP contribution in [0.1, 0.15) is 31.1 Å². The monoisotopic (exact) mass is 362 g/mol. The van der Waals surface area contributed by atoms with Crippen LogP contribution in [0.25, 0.3) is 11.0 Å². The van der Waals surface area contributed by atoms with Gasteiger partial charge in [-0.15, -0.1) is 0 Å². The van der Waals surface area contributed by atoms with E-state index >= 15 is 0 Å². The van der Waals surface area contributed by atoms with Crippen LogP contribution in [-0.2, 0) is 5.54 Å². The maximum atomic E-state index is 14.7. The van der Waals surface area contributed by atoms with E-state index in [9.17, 15) is 19.1 Å². The van der Waals surface area contributed by atoms with Gasteiger partial charge in [0.2, 0.25) is 5.43 Å². The Morgan fingerprint density at radius 1 is 1.23 bits per heavy atom. The number of carboxylic acids is 1. The summed E-state index contributed by atoms with van der Waals surface area (Å²) in [4.78, 5) is 32.4. The average Bonchev–Trinajstić information content (AvgIpc) is 2.54. The Balaban J connectivity index is 2.27. The molecule has 140 valence electrons. The van der Waals surface area contributed by atoms with E-state index < -0.39 is 22.8 Å². The van der Waals surface area contributed by atoms with Crippen LogP contribution in [-0.4, -0.2) is 58.8 Å². The minimum atomic E-state index is -1.33. The molecule has 3 rings (SSSR count). The number of rotatable bonds is 2. The molecule has 0 unspecified atom stereocenters. The molecule has 8 heteroatoms. The fourth-order valence-electron chi connectivity index (χ4n) is 3.12. The number of likely N-dealkylation sites (N-methyl/N-ethyl adjacent to an activating group) is 1. The fraction of sp³-hybridized carbons (Fsp3) is 0.500. The van der Waals surface area contributed by atoms with Crippen LogP contribution >= 0.6 is 0 Å². The maximum absolute atomic E-state index is 14.7. The number of hydrogen-bond acceptors (Lipinski definition) is 5. The third-order valence-electron chi connectivity index (χ3n) is 4.67. The molecule has 0 spiro atoms. The molecule has 7 nitrogen and oxygen atoms in total. The van der Waals surface area contributed by atoms with Crippen molar-refractivity contribution in [3.8, 4) is 0 Å². The van der Waals surface area contributed by atoms with E-state index in [1.54, 1.807) is 4.57 Å². The molecule has 1 aliphatic heterocycles. The van der Waals surface area contributed by atoms with Gasteiger partial charge in [-0.1, -0.05) is 0 Å². The first-order chi connectivity index (χ1) is 12.1. The molecule has 1 aliphatic rings. The number of fused-ring (bicyclic) bond motifs is 1. The van der Waals surface area contributed by atoms with E-state index in [1.165, 1.54) is 6.20 Å². The largest absolute Gasteiger partial charge is 0.477 e. The van der Waals surface area contributed by atoms with Gasteiger partial charge in [0.1, 0.15) is 11.2 Å². The van der Waals surface area contributed by atoms with Crippen molar-refractivity contribution in [2.75, 3.05) is 38.1 Å². The lowest BCUT2D eigenvalue weighted by Crippen LogP contribution is -2.45. The van der Waals surface area contributed by atoms with Crippen molar-refractivity contribution in [1.82, 2.24) is 14.5 Å². The molecule has 0 radical (unpaired) electrons. The zero-order valence-corrected chi connectivity index (χ0v) is 15.4. The van der Waals surface area contributed by atoms with Crippen LogP contribution in [0.15, 0.2) is 17.1 Å². The number of piperazine rings is 1. The molecule has 0 aromatic carbocycles. The molecule has 1 fully saturated rings. The summed E-state index contributed by atoms with van der Waals surface area (Å²) in [6.45, 7) is 8.50. The normalized spacial score (nSPS) is 16.3. The molecule has 2 aromatic heterocycles. The number of carbonyl (C=O) groups is 1. The highest BCUT2D eigenvalue weighted by atomic mass is 19.1. The predicted molar refractivity (Wildman–Crippen MR) is 97.6 cm³/mol. The van der Waals surface area contributed by atoms with E-state index in [4.69, 9.17) is 0 Å². The van der Waals surface area contributed by atoms with Gasteiger partial charge in [-0.25, -0.2) is 14.2 Å². The second-order valence-electron chi connectivity index (χ2n) is 7.67. The molecule has 0 aliphatic carbocycles. The quantitative estimate of drug-likeness (QED) is 0.877. The molecule has 0 amide bonds. The molecule has 0 bridgehead atoms. The summed E-state index contributed by atoms with van der Waals surface area (Å²) in [5.74, 6) is -1.74. The predicted octanol–water partition coefficient (Wildman–Crippen LogP) is 1.74. The number of hydrogen-bond donors (Lipinski definition) is 1. The second-order valence-corrected chi connectivity index (χ2v) is 7.67. The Bertz CT molecular complexity index is 925. The minimum absolute atomic E-state index is 0.0183. The van der Waals surface area contributed by atoms with E-state index in [0.717, 1.165) is 19.2 Å². The number of nitrogens with zero attached hydrogens (tertiary/aromatic N) is 4. The molecule has 2 aromatic rings. The molecule has 1 saturated heterocycles. The van der Waals surface area contributed by atoms with E-state index in [1.807, 2.05) is 32.7 Å². The standard InChI is InChI=1S/C18H23FN4O3/c1-18(2,3)23-10-12(17(25)26)14(24)11-9-13(19)16(20-15(11)23)22-7-5-21(4)6-8-22/h9-10H,5-8H2,1-4H3,(H,25,26). The zero-order chi connectivity index (χ0) is 19.2. The lowest BCUT2D eigenvalue weighted by Gasteiger charge is -2.34. The van der Waals surface area contributed by atoms with Crippen molar-refractivity contribution in [3.63, 3.8) is 0 Å². The second kappa shape index (κ2) is 6.35. The van der Waals surface area contributed by atoms with Crippen molar-refractivity contribution < 1.29 is 14.3 Å². The van der Waals surface area contributed by atoms with Gasteiger partial charge in [0.15, 0.2) is 11.6 Å². The minimum Gasteiger partial charge on any atom is -0.477 e. The molecule has 0 saturated carbocycles. The molecular formula is C18H23FN4O3. The molecule has 3 heterocycles. The van der Waals surface area contributed by atoms with Crippen LogP contribution in [0.4, 0.5) is 10.2 Å². The van der Waals surface area contributed by atoms with Crippen molar-refractivity contribution >= 4 is 22.8 Å². The van der Waals surface area contributed by atoms with Gasteiger partial charge in [0, 0.05) is 37.9 Å². The lowest BCUT2D eigenvalue weighted by molar-refractivity contribution is 0.0694. The average molecular weight is 362 g/mol. The number of aromatic carboxylic acids is 1. The number of anilines is 1. The number of halogens is 1. The van der Waals surface area contributed by atoms with Crippen LogP contribution in [0.3, 0.4) is 0 Å². The van der Waals surface area contributed by atoms with Gasteiger partial charge in [-0.2, -0.15) is 0 Å². The van der Waals surface area contributed by atoms with Gasteiger partial charge >= 0.3 is 5.97 Å². The van der Waals surface area contributed by atoms with Crippen LogP contribution in [0, 0.1) is 5.82 Å². The van der Waals surface area contributed by atoms with Crippen LogP contribution in [0.5, 0.6) is 0 Å². The van der Waals surface area contributed by atoms with Gasteiger partial charge in [0.25, 0.3) is 0 Å². The van der Waals surface area contributed by atoms with Crippen LogP contribution < -0.4 is 10.3 Å². The van der Waals surface area contributed by atoms with Crippen molar-refractivity contribution in [2.45, 2.75) is 26.3 Å². The summed E-state index contributed by atoms with van der Waals surface area (Å²) in [6, 6.07) is 1.12. The Morgan fingerprint density at radius 2 is 1.85 bits per heavy atom. The Morgan fingerprint density at radius 3 is 2.38 bits per heavy atom. The van der Waals surface area contributed by atoms with Gasteiger partial charge in [0.05, 0.1) is 5.39 Å². The number of pyridine rings is 2. The zero-order valence-electron chi connectivity index (χ0n) is 15.4. The van der Waals surface area contributed by atoms with Gasteiger partial charge in [-0.3, -0.25) is 4.79 Å². The molecule has 1 N–H and O–H groups in total. The van der Waals surface area contributed by atoms with E-state index in [0.29, 0.717) is 18.7 Å². The Hall–Kier alpha value is -2.48. The first-order valence-electron chi connectivity index (χ1n) is 8.53. The van der Waals surface area contributed by atoms with E-state index in [-0.39, 0.29) is 16.8 Å².